The molecule has 6 rings (SSSR count). The zero-order chi connectivity index (χ0) is 19.2. The molecule has 0 amide bonds. The number of para-hydroxylation sites is 2. The predicted molar refractivity (Wildman–Crippen MR) is 123 cm³/mol. The summed E-state index contributed by atoms with van der Waals surface area (Å²) in [6.45, 7) is 2.45. The number of anilines is 1. The summed E-state index contributed by atoms with van der Waals surface area (Å²) in [6.07, 6.45) is 9.57. The Bertz CT molecular complexity index is 1180. The van der Waals surface area contributed by atoms with Gasteiger partial charge in [0.2, 0.25) is 0 Å². The van der Waals surface area contributed by atoms with Crippen molar-refractivity contribution in [3.8, 4) is 0 Å². The third-order valence-corrected chi connectivity index (χ3v) is 6.43. The summed E-state index contributed by atoms with van der Waals surface area (Å²) >= 11 is 0. The summed E-state index contributed by atoms with van der Waals surface area (Å²) in [5, 5.41) is 2.43. The second-order valence-corrected chi connectivity index (χ2v) is 8.28. The Kier molecular flexibility index (Phi) is 3.90. The fourth-order valence-corrected chi connectivity index (χ4v) is 5.16. The van der Waals surface area contributed by atoms with Gasteiger partial charge in [0.15, 0.2) is 0 Å². The predicted octanol–water partition coefficient (Wildman–Crippen LogP) is 6.26. The average Bonchev–Trinajstić information content (AvgIpc) is 2.77. The lowest BCUT2D eigenvalue weighted by Gasteiger charge is -2.37. The Balaban J connectivity index is 1.50. The minimum Gasteiger partial charge on any atom is -0.371 e. The second-order valence-electron chi connectivity index (χ2n) is 8.28. The van der Waals surface area contributed by atoms with Gasteiger partial charge in [-0.05, 0) is 72.2 Å². The molecule has 0 atom stereocenters. The van der Waals surface area contributed by atoms with E-state index in [9.17, 15) is 0 Å². The van der Waals surface area contributed by atoms with E-state index in [0.717, 1.165) is 11.0 Å². The van der Waals surface area contributed by atoms with Crippen molar-refractivity contribution in [3.63, 3.8) is 0 Å². The van der Waals surface area contributed by atoms with Gasteiger partial charge in [-0.2, -0.15) is 0 Å². The van der Waals surface area contributed by atoms with Crippen molar-refractivity contribution < 1.29 is 0 Å². The summed E-state index contributed by atoms with van der Waals surface area (Å²) in [5.41, 5.74) is 9.32. The van der Waals surface area contributed by atoms with Gasteiger partial charge in [0.05, 0.1) is 11.0 Å². The van der Waals surface area contributed by atoms with Crippen molar-refractivity contribution in [1.29, 1.82) is 0 Å². The molecule has 3 heterocycles. The van der Waals surface area contributed by atoms with E-state index in [1.54, 1.807) is 5.69 Å². The standard InChI is InChI=1S/C27H24N2/c1-3-11-25-23(9-1)22(24-10-2-4-12-26(24)28-25)14-13-19-17-20-7-5-15-29-16-6-8-21(18-19)27(20)29/h1-4,9-14,17-18H,5-8,15-16H2/b14-13+. The van der Waals surface area contributed by atoms with Crippen LogP contribution in [0.2, 0.25) is 0 Å². The minimum absolute atomic E-state index is 1.06. The maximum absolute atomic E-state index is 4.85. The van der Waals surface area contributed by atoms with Crippen LogP contribution in [-0.2, 0) is 12.8 Å². The van der Waals surface area contributed by atoms with Crippen molar-refractivity contribution >= 4 is 39.6 Å². The highest BCUT2D eigenvalue weighted by Gasteiger charge is 2.23. The van der Waals surface area contributed by atoms with Crippen molar-refractivity contribution in [2.75, 3.05) is 18.0 Å². The SMILES string of the molecule is C(=C\c1c2ccccc2nc2ccccc12)/c1cc2c3c(c1)CCCN3CCC2. The molecule has 3 aromatic carbocycles. The molecule has 2 aliphatic rings. The fourth-order valence-electron chi connectivity index (χ4n) is 5.16. The van der Waals surface area contributed by atoms with Crippen LogP contribution in [0, 0.1) is 0 Å². The highest BCUT2D eigenvalue weighted by molar-refractivity contribution is 6.04. The molecule has 0 radical (unpaired) electrons. The van der Waals surface area contributed by atoms with Crippen LogP contribution in [-0.4, -0.2) is 18.1 Å². The van der Waals surface area contributed by atoms with Gasteiger partial charge in [0.1, 0.15) is 0 Å². The number of fused-ring (bicyclic) bond motifs is 2. The number of benzene rings is 3. The van der Waals surface area contributed by atoms with Crippen LogP contribution < -0.4 is 4.90 Å². The Morgan fingerprint density at radius 3 is 1.93 bits per heavy atom. The number of aryl methyl sites for hydroxylation is 2. The van der Waals surface area contributed by atoms with Crippen molar-refractivity contribution in [2.24, 2.45) is 0 Å². The van der Waals surface area contributed by atoms with Gasteiger partial charge >= 0.3 is 0 Å². The molecule has 0 saturated heterocycles. The largest absolute Gasteiger partial charge is 0.371 e. The van der Waals surface area contributed by atoms with Gasteiger partial charge in [0, 0.05) is 29.5 Å². The molecule has 2 nitrogen and oxygen atoms in total. The maximum Gasteiger partial charge on any atom is 0.0715 e. The summed E-state index contributed by atoms with van der Waals surface area (Å²) in [4.78, 5) is 7.46. The lowest BCUT2D eigenvalue weighted by atomic mass is 9.90. The Morgan fingerprint density at radius 2 is 1.31 bits per heavy atom. The normalized spacial score (nSPS) is 15.9. The Labute approximate surface area is 171 Å². The molecule has 0 bridgehead atoms. The summed E-state index contributed by atoms with van der Waals surface area (Å²) < 4.78 is 0. The quantitative estimate of drug-likeness (QED) is 0.384. The number of hydrogen-bond acceptors (Lipinski definition) is 2. The zero-order valence-corrected chi connectivity index (χ0v) is 16.6. The first-order chi connectivity index (χ1) is 14.4. The topological polar surface area (TPSA) is 16.1 Å². The van der Waals surface area contributed by atoms with Crippen LogP contribution in [0.25, 0.3) is 34.0 Å². The first kappa shape index (κ1) is 16.8. The lowest BCUT2D eigenvalue weighted by Crippen LogP contribution is -2.34. The van der Waals surface area contributed by atoms with Crippen molar-refractivity contribution in [2.45, 2.75) is 25.7 Å². The molecular weight excluding hydrogens is 352 g/mol. The van der Waals surface area contributed by atoms with Gasteiger partial charge in [-0.25, -0.2) is 4.98 Å². The molecule has 0 aliphatic carbocycles. The highest BCUT2D eigenvalue weighted by atomic mass is 15.1. The molecule has 4 aromatic rings. The molecule has 2 aliphatic heterocycles. The average molecular weight is 377 g/mol. The number of rotatable bonds is 2. The molecule has 142 valence electrons. The molecular formula is C27H24N2. The second kappa shape index (κ2) is 6.73. The third-order valence-electron chi connectivity index (χ3n) is 6.43. The summed E-state index contributed by atoms with van der Waals surface area (Å²) in [5.74, 6) is 0. The molecule has 0 saturated carbocycles. The number of nitrogens with zero attached hydrogens (tertiary/aromatic N) is 2. The fraction of sp³-hybridized carbons (Fsp3) is 0.222. The van der Waals surface area contributed by atoms with Crippen LogP contribution in [0.1, 0.15) is 35.1 Å². The van der Waals surface area contributed by atoms with Gasteiger partial charge in [0.25, 0.3) is 0 Å². The number of hydrogen-bond donors (Lipinski definition) is 0. The van der Waals surface area contributed by atoms with E-state index in [0.29, 0.717) is 0 Å². The molecule has 29 heavy (non-hydrogen) atoms. The van der Waals surface area contributed by atoms with Gasteiger partial charge in [-0.15, -0.1) is 0 Å². The smallest absolute Gasteiger partial charge is 0.0715 e. The van der Waals surface area contributed by atoms with Crippen molar-refractivity contribution in [3.05, 3.63) is 82.9 Å². The van der Waals surface area contributed by atoms with Crippen LogP contribution >= 0.6 is 0 Å². The first-order valence-corrected chi connectivity index (χ1v) is 10.7. The van der Waals surface area contributed by atoms with Gasteiger partial charge < -0.3 is 4.90 Å². The minimum atomic E-state index is 1.06. The van der Waals surface area contributed by atoms with Crippen LogP contribution in [0.5, 0.6) is 0 Å². The molecule has 0 fully saturated rings. The molecule has 2 heteroatoms. The van der Waals surface area contributed by atoms with E-state index in [4.69, 9.17) is 4.98 Å². The van der Waals surface area contributed by atoms with Crippen LogP contribution in [0.15, 0.2) is 60.7 Å². The first-order valence-electron chi connectivity index (χ1n) is 10.7. The summed E-state index contributed by atoms with van der Waals surface area (Å²) in [6, 6.07) is 21.8. The molecule has 0 unspecified atom stereocenters. The molecule has 1 aromatic heterocycles. The summed E-state index contributed by atoms with van der Waals surface area (Å²) in [7, 11) is 0. The monoisotopic (exact) mass is 376 g/mol. The molecule has 0 spiro atoms. The lowest BCUT2D eigenvalue weighted by molar-refractivity contribution is 0.634. The van der Waals surface area contributed by atoms with Gasteiger partial charge in [-0.3, -0.25) is 0 Å². The Morgan fingerprint density at radius 1 is 0.724 bits per heavy atom. The zero-order valence-electron chi connectivity index (χ0n) is 16.6. The van der Waals surface area contributed by atoms with Gasteiger partial charge in [-0.1, -0.05) is 48.6 Å². The third kappa shape index (κ3) is 2.82. The van der Waals surface area contributed by atoms with E-state index in [-0.39, 0.29) is 0 Å². The van der Waals surface area contributed by atoms with E-state index in [2.05, 4.69) is 77.7 Å². The van der Waals surface area contributed by atoms with E-state index in [1.165, 1.54) is 71.8 Å². The number of aromatic nitrogens is 1. The van der Waals surface area contributed by atoms with E-state index >= 15 is 0 Å². The van der Waals surface area contributed by atoms with E-state index in [1.807, 2.05) is 0 Å². The van der Waals surface area contributed by atoms with Crippen molar-refractivity contribution in [1.82, 2.24) is 4.98 Å². The van der Waals surface area contributed by atoms with Crippen LogP contribution in [0.3, 0.4) is 0 Å². The van der Waals surface area contributed by atoms with Crippen LogP contribution in [0.4, 0.5) is 5.69 Å². The maximum atomic E-state index is 4.85. The molecule has 0 N–H and O–H groups in total. The highest BCUT2D eigenvalue weighted by Crippen LogP contribution is 2.36. The van der Waals surface area contributed by atoms with E-state index < -0.39 is 0 Å². The Hall–Kier alpha value is -3.13. The number of pyridine rings is 1.